The molecule has 0 spiro atoms. The first-order valence-electron chi connectivity index (χ1n) is 7.13. The number of hydrogen-bond donors (Lipinski definition) is 1. The van der Waals surface area contributed by atoms with Crippen molar-refractivity contribution in [2.45, 2.75) is 25.8 Å². The molecule has 3 rings (SSSR count). The number of nitrogens with two attached hydrogens (primary N) is 1. The van der Waals surface area contributed by atoms with Gasteiger partial charge in [0, 0.05) is 30.9 Å². The minimum Gasteiger partial charge on any atom is -0.339 e. The molecule has 0 bridgehead atoms. The van der Waals surface area contributed by atoms with Crippen molar-refractivity contribution < 1.29 is 0 Å². The van der Waals surface area contributed by atoms with Crippen LogP contribution in [0.3, 0.4) is 0 Å². The molecule has 1 unspecified atom stereocenters. The van der Waals surface area contributed by atoms with Gasteiger partial charge in [-0.3, -0.25) is 0 Å². The Labute approximate surface area is 119 Å². The highest BCUT2D eigenvalue weighted by Crippen LogP contribution is 2.23. The topological polar surface area (TPSA) is 55.0 Å². The smallest absolute Gasteiger partial charge is 0.225 e. The number of rotatable bonds is 2. The normalized spacial score (nSPS) is 19.1. The second kappa shape index (κ2) is 5.59. The summed E-state index contributed by atoms with van der Waals surface area (Å²) in [5, 5.41) is 0. The number of anilines is 1. The second-order valence-electron chi connectivity index (χ2n) is 5.38. The molecular weight excluding hydrogens is 248 g/mol. The maximum Gasteiger partial charge on any atom is 0.225 e. The Balaban J connectivity index is 1.88. The monoisotopic (exact) mass is 268 g/mol. The number of piperidine rings is 1. The van der Waals surface area contributed by atoms with Crippen LogP contribution in [0.5, 0.6) is 0 Å². The number of nitrogens with zero attached hydrogens (tertiary/aromatic N) is 3. The molecule has 1 saturated heterocycles. The van der Waals surface area contributed by atoms with Gasteiger partial charge >= 0.3 is 0 Å². The Morgan fingerprint density at radius 3 is 2.75 bits per heavy atom. The fourth-order valence-corrected chi connectivity index (χ4v) is 2.70. The lowest BCUT2D eigenvalue weighted by molar-refractivity contribution is 0.499. The van der Waals surface area contributed by atoms with Crippen LogP contribution in [-0.2, 0) is 0 Å². The Bertz CT molecular complexity index is 582. The standard InChI is InChI=1S/C16H20N4/c1-12-15(13-6-3-2-4-7-13)10-18-16(19-12)20-9-5-8-14(17)11-20/h2-4,6-7,10,14H,5,8-9,11,17H2,1H3. The third kappa shape index (κ3) is 2.65. The van der Waals surface area contributed by atoms with Gasteiger partial charge < -0.3 is 10.6 Å². The first kappa shape index (κ1) is 13.1. The lowest BCUT2D eigenvalue weighted by Gasteiger charge is -2.30. The molecule has 104 valence electrons. The van der Waals surface area contributed by atoms with Crippen molar-refractivity contribution in [3.05, 3.63) is 42.2 Å². The van der Waals surface area contributed by atoms with Gasteiger partial charge in [0.15, 0.2) is 0 Å². The van der Waals surface area contributed by atoms with Crippen molar-refractivity contribution in [1.82, 2.24) is 9.97 Å². The highest BCUT2D eigenvalue weighted by Gasteiger charge is 2.19. The van der Waals surface area contributed by atoms with Crippen LogP contribution in [0.2, 0.25) is 0 Å². The lowest BCUT2D eigenvalue weighted by atomic mass is 10.1. The van der Waals surface area contributed by atoms with Crippen molar-refractivity contribution in [3.63, 3.8) is 0 Å². The van der Waals surface area contributed by atoms with Crippen LogP contribution in [0.25, 0.3) is 11.1 Å². The molecule has 1 fully saturated rings. The highest BCUT2D eigenvalue weighted by atomic mass is 15.3. The zero-order chi connectivity index (χ0) is 13.9. The van der Waals surface area contributed by atoms with Gasteiger partial charge in [-0.15, -0.1) is 0 Å². The molecule has 20 heavy (non-hydrogen) atoms. The average molecular weight is 268 g/mol. The molecule has 1 aliphatic heterocycles. The number of benzene rings is 1. The van der Waals surface area contributed by atoms with E-state index in [1.807, 2.05) is 31.3 Å². The summed E-state index contributed by atoms with van der Waals surface area (Å²) in [7, 11) is 0. The van der Waals surface area contributed by atoms with Crippen LogP contribution >= 0.6 is 0 Å². The molecule has 2 N–H and O–H groups in total. The number of hydrogen-bond acceptors (Lipinski definition) is 4. The molecule has 1 atom stereocenters. The van der Waals surface area contributed by atoms with Crippen LogP contribution < -0.4 is 10.6 Å². The van der Waals surface area contributed by atoms with Crippen LogP contribution in [0.15, 0.2) is 36.5 Å². The van der Waals surface area contributed by atoms with Gasteiger partial charge in [-0.1, -0.05) is 30.3 Å². The van der Waals surface area contributed by atoms with Crippen LogP contribution in [0, 0.1) is 6.92 Å². The summed E-state index contributed by atoms with van der Waals surface area (Å²) >= 11 is 0. The maximum atomic E-state index is 6.02. The molecule has 0 radical (unpaired) electrons. The van der Waals surface area contributed by atoms with E-state index in [4.69, 9.17) is 5.73 Å². The summed E-state index contributed by atoms with van der Waals surface area (Å²) in [5.41, 5.74) is 9.29. The largest absolute Gasteiger partial charge is 0.339 e. The van der Waals surface area contributed by atoms with Gasteiger partial charge in [-0.25, -0.2) is 9.97 Å². The van der Waals surface area contributed by atoms with Crippen molar-refractivity contribution in [2.24, 2.45) is 5.73 Å². The highest BCUT2D eigenvalue weighted by molar-refractivity contribution is 5.65. The molecule has 0 amide bonds. The fraction of sp³-hybridized carbons (Fsp3) is 0.375. The molecular formula is C16H20N4. The van der Waals surface area contributed by atoms with Crippen molar-refractivity contribution in [2.75, 3.05) is 18.0 Å². The SMILES string of the molecule is Cc1nc(N2CCCC(N)C2)ncc1-c1ccccc1. The third-order valence-electron chi connectivity index (χ3n) is 3.79. The zero-order valence-electron chi connectivity index (χ0n) is 11.8. The number of aryl methyl sites for hydroxylation is 1. The Morgan fingerprint density at radius 1 is 1.25 bits per heavy atom. The summed E-state index contributed by atoms with van der Waals surface area (Å²) in [6.07, 6.45) is 4.13. The molecule has 2 heterocycles. The van der Waals surface area contributed by atoms with Gasteiger partial charge in [0.1, 0.15) is 0 Å². The quantitative estimate of drug-likeness (QED) is 0.908. The van der Waals surface area contributed by atoms with E-state index in [2.05, 4.69) is 27.0 Å². The summed E-state index contributed by atoms with van der Waals surface area (Å²) < 4.78 is 0. The van der Waals surface area contributed by atoms with Crippen molar-refractivity contribution in [1.29, 1.82) is 0 Å². The van der Waals surface area contributed by atoms with E-state index in [1.165, 1.54) is 0 Å². The third-order valence-corrected chi connectivity index (χ3v) is 3.79. The lowest BCUT2D eigenvalue weighted by Crippen LogP contribution is -2.43. The van der Waals surface area contributed by atoms with Crippen LogP contribution in [0.4, 0.5) is 5.95 Å². The maximum absolute atomic E-state index is 6.02. The minimum absolute atomic E-state index is 0.237. The first-order valence-corrected chi connectivity index (χ1v) is 7.13. The van der Waals surface area contributed by atoms with E-state index >= 15 is 0 Å². The van der Waals surface area contributed by atoms with Crippen molar-refractivity contribution in [3.8, 4) is 11.1 Å². The zero-order valence-corrected chi connectivity index (χ0v) is 11.8. The van der Waals surface area contributed by atoms with Crippen LogP contribution in [-0.4, -0.2) is 29.1 Å². The minimum atomic E-state index is 0.237. The molecule has 4 heteroatoms. The van der Waals surface area contributed by atoms with Crippen LogP contribution in [0.1, 0.15) is 18.5 Å². The Morgan fingerprint density at radius 2 is 2.05 bits per heavy atom. The second-order valence-corrected chi connectivity index (χ2v) is 5.38. The Kier molecular flexibility index (Phi) is 3.65. The van der Waals surface area contributed by atoms with E-state index in [9.17, 15) is 0 Å². The van der Waals surface area contributed by atoms with Gasteiger partial charge in [0.05, 0.1) is 5.69 Å². The molecule has 0 aliphatic carbocycles. The summed E-state index contributed by atoms with van der Waals surface area (Å²) in [5.74, 6) is 0.803. The fourth-order valence-electron chi connectivity index (χ4n) is 2.70. The van der Waals surface area contributed by atoms with Gasteiger partial charge in [0.25, 0.3) is 0 Å². The summed E-state index contributed by atoms with van der Waals surface area (Å²) in [6, 6.07) is 10.5. The summed E-state index contributed by atoms with van der Waals surface area (Å²) in [4.78, 5) is 11.4. The van der Waals surface area contributed by atoms with Crippen molar-refractivity contribution >= 4 is 5.95 Å². The average Bonchev–Trinajstić information content (AvgIpc) is 2.48. The number of aromatic nitrogens is 2. The predicted molar refractivity (Wildman–Crippen MR) is 81.6 cm³/mol. The molecule has 1 aromatic heterocycles. The van der Waals surface area contributed by atoms with E-state index in [1.54, 1.807) is 0 Å². The van der Waals surface area contributed by atoms with E-state index < -0.39 is 0 Å². The van der Waals surface area contributed by atoms with Gasteiger partial charge in [0.2, 0.25) is 5.95 Å². The molecule has 1 aliphatic rings. The molecule has 0 saturated carbocycles. The molecule has 1 aromatic carbocycles. The predicted octanol–water partition coefficient (Wildman–Crippen LogP) is 2.38. The van der Waals surface area contributed by atoms with E-state index in [0.717, 1.165) is 48.7 Å². The van der Waals surface area contributed by atoms with E-state index in [-0.39, 0.29) is 6.04 Å². The van der Waals surface area contributed by atoms with Gasteiger partial charge in [-0.2, -0.15) is 0 Å². The molecule has 2 aromatic rings. The van der Waals surface area contributed by atoms with Gasteiger partial charge in [-0.05, 0) is 25.3 Å². The first-order chi connectivity index (χ1) is 9.74. The summed E-state index contributed by atoms with van der Waals surface area (Å²) in [6.45, 7) is 3.89. The molecule has 4 nitrogen and oxygen atoms in total. The Hall–Kier alpha value is -1.94. The van der Waals surface area contributed by atoms with E-state index in [0.29, 0.717) is 0 Å².